The lowest BCUT2D eigenvalue weighted by Crippen LogP contribution is -2.31. The van der Waals surface area contributed by atoms with E-state index in [1.54, 1.807) is 0 Å². The van der Waals surface area contributed by atoms with Crippen molar-refractivity contribution in [3.05, 3.63) is 35.9 Å². The molecule has 1 aromatic carbocycles. The Labute approximate surface area is 87.3 Å². The average molecular weight is 191 g/mol. The molecule has 0 spiro atoms. The summed E-state index contributed by atoms with van der Waals surface area (Å²) in [6.07, 6.45) is 3.43. The summed E-state index contributed by atoms with van der Waals surface area (Å²) in [5.41, 5.74) is 7.59. The summed E-state index contributed by atoms with van der Waals surface area (Å²) in [6, 6.07) is 10.6. The molecule has 0 aliphatic carbocycles. The van der Waals surface area contributed by atoms with Crippen molar-refractivity contribution < 1.29 is 0 Å². The largest absolute Gasteiger partial charge is 0.330 e. The third kappa shape index (κ3) is 2.58. The van der Waals surface area contributed by atoms with Crippen molar-refractivity contribution in [3.8, 4) is 0 Å². The van der Waals surface area contributed by atoms with E-state index in [-0.39, 0.29) is 0 Å². The molecule has 0 saturated heterocycles. The molecule has 0 fully saturated rings. The van der Waals surface area contributed by atoms with Gasteiger partial charge in [-0.1, -0.05) is 44.2 Å². The van der Waals surface area contributed by atoms with Crippen molar-refractivity contribution in [1.29, 1.82) is 0 Å². The maximum Gasteiger partial charge on any atom is -0.00175 e. The Balaban J connectivity index is 2.74. The van der Waals surface area contributed by atoms with Crippen LogP contribution in [0.3, 0.4) is 0 Å². The summed E-state index contributed by atoms with van der Waals surface area (Å²) in [5.74, 6) is 0. The van der Waals surface area contributed by atoms with Crippen molar-refractivity contribution in [2.75, 3.05) is 6.54 Å². The van der Waals surface area contributed by atoms with E-state index in [2.05, 4.69) is 44.2 Å². The van der Waals surface area contributed by atoms with Crippen LogP contribution in [-0.2, 0) is 6.42 Å². The molecule has 78 valence electrons. The quantitative estimate of drug-likeness (QED) is 0.760. The predicted octanol–water partition coefficient (Wildman–Crippen LogP) is 2.99. The fourth-order valence-electron chi connectivity index (χ4n) is 1.89. The second-order valence-electron chi connectivity index (χ2n) is 4.07. The second kappa shape index (κ2) is 5.16. The normalized spacial score (nSPS) is 11.6. The molecule has 1 nitrogen and oxygen atoms in total. The first-order valence-electron chi connectivity index (χ1n) is 5.50. The topological polar surface area (TPSA) is 26.0 Å². The van der Waals surface area contributed by atoms with E-state index in [0.29, 0.717) is 5.41 Å². The third-order valence-electron chi connectivity index (χ3n) is 3.35. The monoisotopic (exact) mass is 191 g/mol. The zero-order valence-corrected chi connectivity index (χ0v) is 9.29. The molecule has 0 amide bonds. The molecular weight excluding hydrogens is 170 g/mol. The van der Waals surface area contributed by atoms with Gasteiger partial charge in [0.25, 0.3) is 0 Å². The minimum absolute atomic E-state index is 0.307. The van der Waals surface area contributed by atoms with Crippen molar-refractivity contribution in [2.24, 2.45) is 11.1 Å². The fraction of sp³-hybridized carbons (Fsp3) is 0.538. The predicted molar refractivity (Wildman–Crippen MR) is 62.2 cm³/mol. The lowest BCUT2D eigenvalue weighted by Gasteiger charge is -2.30. The molecule has 14 heavy (non-hydrogen) atoms. The van der Waals surface area contributed by atoms with Gasteiger partial charge in [-0.2, -0.15) is 0 Å². The molecule has 1 aromatic rings. The molecular formula is C13H21N. The van der Waals surface area contributed by atoms with Gasteiger partial charge < -0.3 is 5.73 Å². The van der Waals surface area contributed by atoms with Crippen molar-refractivity contribution >= 4 is 0 Å². The first-order chi connectivity index (χ1) is 6.76. The molecule has 0 aliphatic heterocycles. The van der Waals surface area contributed by atoms with Crippen LogP contribution in [0.2, 0.25) is 0 Å². The highest BCUT2D eigenvalue weighted by Crippen LogP contribution is 2.29. The highest BCUT2D eigenvalue weighted by atomic mass is 14.6. The molecule has 0 aliphatic rings. The molecule has 0 atom stereocenters. The van der Waals surface area contributed by atoms with Gasteiger partial charge in [0.15, 0.2) is 0 Å². The van der Waals surface area contributed by atoms with Gasteiger partial charge in [-0.3, -0.25) is 0 Å². The van der Waals surface area contributed by atoms with Crippen molar-refractivity contribution in [2.45, 2.75) is 33.1 Å². The first-order valence-corrected chi connectivity index (χ1v) is 5.50. The minimum Gasteiger partial charge on any atom is -0.330 e. The van der Waals surface area contributed by atoms with Gasteiger partial charge in [0.05, 0.1) is 0 Å². The van der Waals surface area contributed by atoms with Gasteiger partial charge in [0.2, 0.25) is 0 Å². The van der Waals surface area contributed by atoms with Gasteiger partial charge in [-0.15, -0.1) is 0 Å². The van der Waals surface area contributed by atoms with E-state index in [1.807, 2.05) is 0 Å². The molecule has 0 radical (unpaired) electrons. The SMILES string of the molecule is CCC(CC)(CN)Cc1ccccc1. The van der Waals surface area contributed by atoms with Crippen LogP contribution in [0.5, 0.6) is 0 Å². The van der Waals surface area contributed by atoms with Crippen LogP contribution >= 0.6 is 0 Å². The lowest BCUT2D eigenvalue weighted by molar-refractivity contribution is 0.271. The lowest BCUT2D eigenvalue weighted by atomic mass is 9.77. The summed E-state index contributed by atoms with van der Waals surface area (Å²) < 4.78 is 0. The molecule has 0 aromatic heterocycles. The molecule has 0 bridgehead atoms. The summed E-state index contributed by atoms with van der Waals surface area (Å²) in [4.78, 5) is 0. The Hall–Kier alpha value is -0.820. The highest BCUT2D eigenvalue weighted by molar-refractivity contribution is 5.16. The molecule has 0 unspecified atom stereocenters. The van der Waals surface area contributed by atoms with Gasteiger partial charge >= 0.3 is 0 Å². The van der Waals surface area contributed by atoms with E-state index in [0.717, 1.165) is 25.8 Å². The summed E-state index contributed by atoms with van der Waals surface area (Å²) in [7, 11) is 0. The van der Waals surface area contributed by atoms with Crippen LogP contribution in [0.1, 0.15) is 32.3 Å². The highest BCUT2D eigenvalue weighted by Gasteiger charge is 2.24. The number of rotatable bonds is 5. The zero-order valence-electron chi connectivity index (χ0n) is 9.29. The summed E-state index contributed by atoms with van der Waals surface area (Å²) >= 11 is 0. The Morgan fingerprint density at radius 2 is 1.64 bits per heavy atom. The van der Waals surface area contributed by atoms with Gasteiger partial charge in [0.1, 0.15) is 0 Å². The number of hydrogen-bond donors (Lipinski definition) is 1. The van der Waals surface area contributed by atoms with Crippen LogP contribution in [0.15, 0.2) is 30.3 Å². The van der Waals surface area contributed by atoms with Crippen LogP contribution in [0.25, 0.3) is 0 Å². The maximum atomic E-state index is 5.88. The van der Waals surface area contributed by atoms with Crippen molar-refractivity contribution in [1.82, 2.24) is 0 Å². The molecule has 0 saturated carbocycles. The van der Waals surface area contributed by atoms with Crippen LogP contribution in [0.4, 0.5) is 0 Å². The van der Waals surface area contributed by atoms with E-state index >= 15 is 0 Å². The third-order valence-corrected chi connectivity index (χ3v) is 3.35. The summed E-state index contributed by atoms with van der Waals surface area (Å²) in [6.45, 7) is 5.26. The van der Waals surface area contributed by atoms with Crippen LogP contribution in [-0.4, -0.2) is 6.54 Å². The smallest absolute Gasteiger partial charge is 0.00175 e. The number of hydrogen-bond acceptors (Lipinski definition) is 1. The average Bonchev–Trinajstić information content (AvgIpc) is 2.28. The second-order valence-corrected chi connectivity index (χ2v) is 4.07. The molecule has 2 N–H and O–H groups in total. The Morgan fingerprint density at radius 1 is 1.07 bits per heavy atom. The van der Waals surface area contributed by atoms with E-state index < -0.39 is 0 Å². The van der Waals surface area contributed by atoms with Gasteiger partial charge in [-0.05, 0) is 36.8 Å². The first kappa shape index (κ1) is 11.3. The number of benzene rings is 1. The molecule has 1 heteroatoms. The maximum absolute atomic E-state index is 5.88. The summed E-state index contributed by atoms with van der Waals surface area (Å²) in [5, 5.41) is 0. The number of nitrogens with two attached hydrogens (primary N) is 1. The molecule has 1 rings (SSSR count). The Morgan fingerprint density at radius 3 is 2.07 bits per heavy atom. The zero-order chi connectivity index (χ0) is 10.4. The van der Waals surface area contributed by atoms with Gasteiger partial charge in [0, 0.05) is 0 Å². The van der Waals surface area contributed by atoms with Crippen molar-refractivity contribution in [3.63, 3.8) is 0 Å². The van der Waals surface area contributed by atoms with E-state index in [4.69, 9.17) is 5.73 Å². The van der Waals surface area contributed by atoms with Gasteiger partial charge in [-0.25, -0.2) is 0 Å². The fourth-order valence-corrected chi connectivity index (χ4v) is 1.89. The standard InChI is InChI=1S/C13H21N/c1-3-13(4-2,11-14)10-12-8-6-5-7-9-12/h5-9H,3-4,10-11,14H2,1-2H3. The molecule has 0 heterocycles. The van der Waals surface area contributed by atoms with Crippen LogP contribution < -0.4 is 5.73 Å². The Kier molecular flexibility index (Phi) is 4.15. The Bertz CT molecular complexity index is 241. The van der Waals surface area contributed by atoms with E-state index in [1.165, 1.54) is 5.56 Å². The van der Waals surface area contributed by atoms with E-state index in [9.17, 15) is 0 Å². The van der Waals surface area contributed by atoms with Crippen LogP contribution in [0, 0.1) is 5.41 Å². The minimum atomic E-state index is 0.307.